The Labute approximate surface area is 319 Å². The van der Waals surface area contributed by atoms with Crippen LogP contribution < -0.4 is 31.1 Å². The summed E-state index contributed by atoms with van der Waals surface area (Å²) in [4.78, 5) is 7.81. The van der Waals surface area contributed by atoms with Crippen LogP contribution in [0.5, 0.6) is 0 Å². The predicted molar refractivity (Wildman–Crippen MR) is 228 cm³/mol. The van der Waals surface area contributed by atoms with Crippen molar-refractivity contribution in [3.05, 3.63) is 186 Å². The minimum atomic E-state index is -0.322. The smallest absolute Gasteiger partial charge is 0.252 e. The van der Waals surface area contributed by atoms with E-state index in [0.717, 1.165) is 12.8 Å². The van der Waals surface area contributed by atoms with E-state index in [1.54, 1.807) is 0 Å². The summed E-state index contributed by atoms with van der Waals surface area (Å²) in [5, 5.41) is 0. The zero-order valence-corrected chi connectivity index (χ0v) is 31.3. The molecule has 0 spiro atoms. The summed E-state index contributed by atoms with van der Waals surface area (Å²) in [5.74, 6) is 0. The summed E-state index contributed by atoms with van der Waals surface area (Å²) >= 11 is 0. The first kappa shape index (κ1) is 31.5. The molecule has 2 unspecified atom stereocenters. The quantitative estimate of drug-likeness (QED) is 0.170. The SMILES string of the molecule is Cc1cc(C)c2c(c1)C1(C)CCc3ccccc3C1(C)N2c1cc2c3c(c1)N(c1ccccc1)c1ccccc1B3c1ccccc1N2c1ccccc1. The maximum atomic E-state index is 2.76. The number of hydrogen-bond donors (Lipinski definition) is 0. The highest BCUT2D eigenvalue weighted by Crippen LogP contribution is 2.65. The van der Waals surface area contributed by atoms with Gasteiger partial charge in [0.2, 0.25) is 0 Å². The minimum Gasteiger partial charge on any atom is -0.330 e. The minimum absolute atomic E-state index is 0.0860. The van der Waals surface area contributed by atoms with Crippen molar-refractivity contribution in [1.29, 1.82) is 0 Å². The van der Waals surface area contributed by atoms with E-state index in [1.165, 1.54) is 89.7 Å². The second-order valence-corrected chi connectivity index (χ2v) is 16.2. The molecule has 7 aromatic carbocycles. The summed E-state index contributed by atoms with van der Waals surface area (Å²) in [5.41, 5.74) is 20.5. The Bertz CT molecular complexity index is 2540. The number of para-hydroxylation sites is 4. The Hall–Kier alpha value is -6.00. The van der Waals surface area contributed by atoms with Crippen molar-refractivity contribution in [3.8, 4) is 0 Å². The Kier molecular flexibility index (Phi) is 6.57. The largest absolute Gasteiger partial charge is 0.330 e. The van der Waals surface area contributed by atoms with Crippen molar-refractivity contribution < 1.29 is 0 Å². The van der Waals surface area contributed by atoms with Gasteiger partial charge in [-0.25, -0.2) is 0 Å². The molecule has 0 N–H and O–H groups in total. The number of anilines is 8. The molecule has 0 aromatic heterocycles. The molecule has 0 fully saturated rings. The van der Waals surface area contributed by atoms with E-state index < -0.39 is 0 Å². The molecule has 0 bridgehead atoms. The van der Waals surface area contributed by atoms with Crippen molar-refractivity contribution in [3.63, 3.8) is 0 Å². The Morgan fingerprint density at radius 3 is 1.67 bits per heavy atom. The zero-order valence-electron chi connectivity index (χ0n) is 31.3. The lowest BCUT2D eigenvalue weighted by atomic mass is 9.33. The maximum Gasteiger partial charge on any atom is 0.252 e. The molecule has 7 aromatic rings. The molecule has 3 heterocycles. The Balaban J connectivity index is 1.29. The molecular weight excluding hydrogens is 653 g/mol. The lowest BCUT2D eigenvalue weighted by Crippen LogP contribution is -2.61. The van der Waals surface area contributed by atoms with Crippen molar-refractivity contribution >= 4 is 68.6 Å². The molecule has 0 amide bonds. The van der Waals surface area contributed by atoms with Crippen LogP contribution in [0.1, 0.15) is 48.1 Å². The van der Waals surface area contributed by atoms with Crippen LogP contribution in [0.15, 0.2) is 158 Å². The maximum absolute atomic E-state index is 2.76. The third kappa shape index (κ3) is 4.03. The van der Waals surface area contributed by atoms with E-state index in [-0.39, 0.29) is 17.7 Å². The summed E-state index contributed by atoms with van der Waals surface area (Å²) in [6, 6.07) is 59.3. The summed E-state index contributed by atoms with van der Waals surface area (Å²) < 4.78 is 0. The number of nitrogens with zero attached hydrogens (tertiary/aromatic N) is 3. The van der Waals surface area contributed by atoms with Gasteiger partial charge in [0.1, 0.15) is 0 Å². The molecule has 3 nitrogen and oxygen atoms in total. The zero-order chi connectivity index (χ0) is 36.3. The van der Waals surface area contributed by atoms with E-state index >= 15 is 0 Å². The summed E-state index contributed by atoms with van der Waals surface area (Å²) in [6.45, 7) is 9.75. The van der Waals surface area contributed by atoms with Gasteiger partial charge in [-0.05, 0) is 121 Å². The van der Waals surface area contributed by atoms with Crippen LogP contribution in [0.2, 0.25) is 0 Å². The van der Waals surface area contributed by atoms with Gasteiger partial charge in [0, 0.05) is 50.9 Å². The standard InChI is InChI=1S/C50H42BN3/c1-33-29-34(2)48-40(30-33)49(3)28-27-35-17-11-12-22-39(35)50(49,4)54(48)38-31-45-47-46(32-38)53(37-20-9-6-10-21-37)44-26-16-14-24-42(44)51(47)41-23-13-15-25-43(41)52(45)36-18-7-5-8-19-36/h5-26,29-32H,27-28H2,1-4H3. The second kappa shape index (κ2) is 11.3. The van der Waals surface area contributed by atoms with E-state index in [4.69, 9.17) is 0 Å². The van der Waals surface area contributed by atoms with Crippen LogP contribution in [-0.2, 0) is 17.4 Å². The number of hydrogen-bond acceptors (Lipinski definition) is 3. The van der Waals surface area contributed by atoms with E-state index in [9.17, 15) is 0 Å². The molecule has 260 valence electrons. The van der Waals surface area contributed by atoms with Gasteiger partial charge in [0.25, 0.3) is 6.71 Å². The molecule has 4 aliphatic rings. The lowest BCUT2D eigenvalue weighted by Gasteiger charge is -2.52. The highest BCUT2D eigenvalue weighted by Gasteiger charge is 2.60. The summed E-state index contributed by atoms with van der Waals surface area (Å²) in [6.07, 6.45) is 2.18. The van der Waals surface area contributed by atoms with Crippen LogP contribution in [0.25, 0.3) is 0 Å². The van der Waals surface area contributed by atoms with Crippen molar-refractivity contribution in [1.82, 2.24) is 0 Å². The Morgan fingerprint density at radius 1 is 0.519 bits per heavy atom. The fraction of sp³-hybridized carbons (Fsp3) is 0.160. The molecule has 11 rings (SSSR count). The van der Waals surface area contributed by atoms with Crippen molar-refractivity contribution in [2.75, 3.05) is 14.7 Å². The molecule has 54 heavy (non-hydrogen) atoms. The lowest BCUT2D eigenvalue weighted by molar-refractivity contribution is 0.245. The van der Waals surface area contributed by atoms with Crippen LogP contribution in [0, 0.1) is 13.8 Å². The molecular formula is C50H42BN3. The van der Waals surface area contributed by atoms with Crippen LogP contribution in [0.4, 0.5) is 45.5 Å². The van der Waals surface area contributed by atoms with Crippen molar-refractivity contribution in [2.45, 2.75) is 51.5 Å². The fourth-order valence-electron chi connectivity index (χ4n) is 10.9. The molecule has 1 aliphatic carbocycles. The highest BCUT2D eigenvalue weighted by atomic mass is 15.3. The van der Waals surface area contributed by atoms with E-state index in [1.807, 2.05) is 0 Å². The van der Waals surface area contributed by atoms with Gasteiger partial charge in [0.05, 0.1) is 5.54 Å². The number of fused-ring (bicyclic) bond motifs is 9. The van der Waals surface area contributed by atoms with Crippen LogP contribution in [-0.4, -0.2) is 6.71 Å². The topological polar surface area (TPSA) is 9.72 Å². The third-order valence-corrected chi connectivity index (χ3v) is 13.4. The molecule has 2 atom stereocenters. The first-order valence-corrected chi connectivity index (χ1v) is 19.4. The molecule has 0 radical (unpaired) electrons. The van der Waals surface area contributed by atoms with Gasteiger partial charge in [-0.15, -0.1) is 0 Å². The average Bonchev–Trinajstić information content (AvgIpc) is 3.42. The molecule has 0 saturated heterocycles. The first-order valence-electron chi connectivity index (χ1n) is 19.4. The number of aryl methyl sites for hydroxylation is 3. The van der Waals surface area contributed by atoms with E-state index in [2.05, 4.69) is 200 Å². The number of rotatable bonds is 3. The van der Waals surface area contributed by atoms with Crippen molar-refractivity contribution in [2.24, 2.45) is 0 Å². The normalized spacial score (nSPS) is 20.1. The summed E-state index contributed by atoms with van der Waals surface area (Å²) in [7, 11) is 0. The van der Waals surface area contributed by atoms with Gasteiger partial charge in [-0.2, -0.15) is 0 Å². The molecule has 3 aliphatic heterocycles. The highest BCUT2D eigenvalue weighted by molar-refractivity contribution is 7.00. The van der Waals surface area contributed by atoms with E-state index in [0.29, 0.717) is 0 Å². The molecule has 0 saturated carbocycles. The molecule has 4 heteroatoms. The monoisotopic (exact) mass is 695 g/mol. The Morgan fingerprint density at radius 2 is 1.06 bits per heavy atom. The van der Waals surface area contributed by atoms with Gasteiger partial charge in [-0.1, -0.05) is 122 Å². The predicted octanol–water partition coefficient (Wildman–Crippen LogP) is 10.7. The van der Waals surface area contributed by atoms with Gasteiger partial charge >= 0.3 is 0 Å². The number of benzene rings is 7. The van der Waals surface area contributed by atoms with Gasteiger partial charge in [-0.3, -0.25) is 0 Å². The first-order chi connectivity index (χ1) is 26.4. The van der Waals surface area contributed by atoms with Crippen LogP contribution >= 0.6 is 0 Å². The average molecular weight is 696 g/mol. The third-order valence-electron chi connectivity index (χ3n) is 13.4. The van der Waals surface area contributed by atoms with Crippen LogP contribution in [0.3, 0.4) is 0 Å². The van der Waals surface area contributed by atoms with Gasteiger partial charge < -0.3 is 14.7 Å². The van der Waals surface area contributed by atoms with Gasteiger partial charge in [0.15, 0.2) is 0 Å². The second-order valence-electron chi connectivity index (χ2n) is 16.2. The fourth-order valence-corrected chi connectivity index (χ4v) is 10.9.